The molecule has 42 heavy (non-hydrogen) atoms. The Kier molecular flexibility index (Phi) is 6.92. The molecule has 2 heterocycles. The number of fused-ring (bicyclic) bond motifs is 2. The molecule has 0 saturated carbocycles. The van der Waals surface area contributed by atoms with Crippen LogP contribution in [0.3, 0.4) is 0 Å². The van der Waals surface area contributed by atoms with Crippen LogP contribution in [0.1, 0.15) is 50.5 Å². The van der Waals surface area contributed by atoms with E-state index in [1.807, 2.05) is 24.3 Å². The Balaban J connectivity index is 1.41. The molecule has 0 aliphatic carbocycles. The van der Waals surface area contributed by atoms with Gasteiger partial charge >= 0.3 is 5.97 Å². The van der Waals surface area contributed by atoms with Gasteiger partial charge in [-0.3, -0.25) is 4.79 Å². The zero-order chi connectivity index (χ0) is 29.4. The maximum Gasteiger partial charge on any atom is 0.335 e. The Labute approximate surface area is 239 Å². The van der Waals surface area contributed by atoms with Gasteiger partial charge in [0.2, 0.25) is 0 Å². The number of hydrogen-bond acceptors (Lipinski definition) is 4. The first-order valence-electron chi connectivity index (χ1n) is 13.2. The highest BCUT2D eigenvalue weighted by Gasteiger charge is 2.22. The molecule has 1 amide bonds. The van der Waals surface area contributed by atoms with Crippen molar-refractivity contribution in [3.8, 4) is 11.1 Å². The average Bonchev–Trinajstić information content (AvgIpc) is 3.40. The molecule has 0 aliphatic rings. The number of carbonyl (C=O) groups is 2. The van der Waals surface area contributed by atoms with Crippen LogP contribution in [0, 0.1) is 11.6 Å². The van der Waals surface area contributed by atoms with Gasteiger partial charge in [-0.1, -0.05) is 53.7 Å². The van der Waals surface area contributed by atoms with Crippen LogP contribution in [-0.2, 0) is 6.42 Å². The number of halogens is 2. The molecule has 208 valence electrons. The quantitative estimate of drug-likeness (QED) is 0.228. The Morgan fingerprint density at radius 1 is 0.905 bits per heavy atom. The van der Waals surface area contributed by atoms with Crippen molar-refractivity contribution in [3.63, 3.8) is 0 Å². The zero-order valence-electron chi connectivity index (χ0n) is 22.4. The van der Waals surface area contributed by atoms with Crippen LogP contribution in [0.25, 0.3) is 27.4 Å². The lowest BCUT2D eigenvalue weighted by Gasteiger charge is -2.16. The number of nitrogens with one attached hydrogen (secondary N) is 1. The number of carboxylic acid groups (broad SMARTS) is 1. The van der Waals surface area contributed by atoms with Gasteiger partial charge in [0.15, 0.2) is 0 Å². The summed E-state index contributed by atoms with van der Waals surface area (Å²) in [5.41, 5.74) is 3.63. The van der Waals surface area contributed by atoms with Crippen LogP contribution in [0.15, 0.2) is 97.2 Å². The standard InChI is InChI=1S/C33H24F2N4O3/c1-19(20-6-8-22(9-7-20)33(41)42)36-32(40)28-15-26(21-10-12-27(34)13-11-21)18-39-31(28)30(37-38-39)17-25-14-23-4-2-3-5-24(23)16-29(25)35/h2-16,18-19H,17H2,1H3,(H,36,40)(H,41,42)/t19-/m0/s1. The van der Waals surface area contributed by atoms with Crippen LogP contribution in [0.5, 0.6) is 0 Å². The van der Waals surface area contributed by atoms with E-state index in [1.54, 1.807) is 49.5 Å². The Morgan fingerprint density at radius 2 is 1.60 bits per heavy atom. The van der Waals surface area contributed by atoms with E-state index in [4.69, 9.17) is 0 Å². The monoisotopic (exact) mass is 562 g/mol. The second kappa shape index (κ2) is 10.9. The third-order valence-corrected chi connectivity index (χ3v) is 7.28. The maximum atomic E-state index is 15.1. The van der Waals surface area contributed by atoms with Gasteiger partial charge in [-0.05, 0) is 76.9 Å². The van der Waals surface area contributed by atoms with Crippen molar-refractivity contribution in [2.45, 2.75) is 19.4 Å². The minimum atomic E-state index is -1.04. The van der Waals surface area contributed by atoms with Gasteiger partial charge in [0, 0.05) is 18.2 Å². The summed E-state index contributed by atoms with van der Waals surface area (Å²) >= 11 is 0. The van der Waals surface area contributed by atoms with Crippen molar-refractivity contribution in [1.29, 1.82) is 0 Å². The topological polar surface area (TPSA) is 96.6 Å². The highest BCUT2D eigenvalue weighted by atomic mass is 19.1. The number of aromatic carboxylic acids is 1. The van der Waals surface area contributed by atoms with Gasteiger partial charge in [-0.25, -0.2) is 18.1 Å². The van der Waals surface area contributed by atoms with E-state index in [-0.39, 0.29) is 29.2 Å². The van der Waals surface area contributed by atoms with Gasteiger partial charge in [0.1, 0.15) is 17.2 Å². The zero-order valence-corrected chi connectivity index (χ0v) is 22.4. The number of amides is 1. The number of pyridine rings is 1. The molecular formula is C33H24F2N4O3. The van der Waals surface area contributed by atoms with Crippen LogP contribution < -0.4 is 5.32 Å². The molecular weight excluding hydrogens is 538 g/mol. The van der Waals surface area contributed by atoms with Crippen molar-refractivity contribution >= 4 is 28.2 Å². The molecule has 2 N–H and O–H groups in total. The lowest BCUT2D eigenvalue weighted by Crippen LogP contribution is -2.27. The van der Waals surface area contributed by atoms with E-state index < -0.39 is 17.9 Å². The summed E-state index contributed by atoms with van der Waals surface area (Å²) in [5, 5.41) is 22.4. The van der Waals surface area contributed by atoms with Gasteiger partial charge in [0.25, 0.3) is 5.91 Å². The fourth-order valence-electron chi connectivity index (χ4n) is 5.03. The first-order chi connectivity index (χ1) is 20.3. The number of benzene rings is 4. The number of hydrogen-bond donors (Lipinski definition) is 2. The molecule has 2 aromatic heterocycles. The fraction of sp³-hybridized carbons (Fsp3) is 0.0909. The SMILES string of the molecule is C[C@H](NC(=O)c1cc(-c2ccc(F)cc2)cn2nnc(Cc3cc4ccccc4cc3F)c12)c1ccc(C(=O)O)cc1. The van der Waals surface area contributed by atoms with Gasteiger partial charge in [0.05, 0.1) is 22.9 Å². The minimum absolute atomic E-state index is 0.0997. The predicted molar refractivity (Wildman–Crippen MR) is 154 cm³/mol. The summed E-state index contributed by atoms with van der Waals surface area (Å²) in [6.45, 7) is 1.79. The van der Waals surface area contributed by atoms with Gasteiger partial charge < -0.3 is 10.4 Å². The molecule has 4 aromatic carbocycles. The van der Waals surface area contributed by atoms with Crippen LogP contribution in [0.4, 0.5) is 8.78 Å². The molecule has 0 spiro atoms. The lowest BCUT2D eigenvalue weighted by molar-refractivity contribution is 0.0696. The molecule has 0 aliphatic heterocycles. The maximum absolute atomic E-state index is 15.1. The Bertz CT molecular complexity index is 1970. The summed E-state index contributed by atoms with van der Waals surface area (Å²) in [6, 6.07) is 24.1. The van der Waals surface area contributed by atoms with Crippen LogP contribution >= 0.6 is 0 Å². The molecule has 6 rings (SSSR count). The second-order valence-corrected chi connectivity index (χ2v) is 10.1. The predicted octanol–water partition coefficient (Wildman–Crippen LogP) is 6.61. The molecule has 9 heteroatoms. The van der Waals surface area contributed by atoms with Crippen molar-refractivity contribution in [3.05, 3.63) is 137 Å². The first kappa shape index (κ1) is 26.8. The summed E-state index contributed by atoms with van der Waals surface area (Å²) < 4.78 is 30.2. The largest absolute Gasteiger partial charge is 0.478 e. The molecule has 0 unspecified atom stereocenters. The van der Waals surface area contributed by atoms with E-state index in [9.17, 15) is 19.1 Å². The summed E-state index contributed by atoms with van der Waals surface area (Å²) in [4.78, 5) is 25.0. The van der Waals surface area contributed by atoms with E-state index in [0.29, 0.717) is 33.5 Å². The summed E-state index contributed by atoms with van der Waals surface area (Å²) in [6.07, 6.45) is 1.79. The molecule has 0 bridgehead atoms. The van der Waals surface area contributed by atoms with Gasteiger partial charge in [-0.2, -0.15) is 0 Å². The first-order valence-corrected chi connectivity index (χ1v) is 13.2. The Morgan fingerprint density at radius 3 is 2.29 bits per heavy atom. The van der Waals surface area contributed by atoms with Crippen molar-refractivity contribution in [2.24, 2.45) is 0 Å². The molecule has 1 atom stereocenters. The third-order valence-electron chi connectivity index (χ3n) is 7.28. The number of rotatable bonds is 7. The van der Waals surface area contributed by atoms with E-state index in [2.05, 4.69) is 15.6 Å². The number of carbonyl (C=O) groups excluding carboxylic acids is 1. The van der Waals surface area contributed by atoms with E-state index in [1.165, 1.54) is 34.8 Å². The molecule has 0 radical (unpaired) electrons. The number of nitrogens with zero attached hydrogens (tertiary/aromatic N) is 3. The minimum Gasteiger partial charge on any atom is -0.478 e. The number of carboxylic acids is 1. The summed E-state index contributed by atoms with van der Waals surface area (Å²) in [5.74, 6) is -2.24. The van der Waals surface area contributed by atoms with Crippen molar-refractivity contribution in [1.82, 2.24) is 20.1 Å². The summed E-state index contributed by atoms with van der Waals surface area (Å²) in [7, 11) is 0. The molecule has 6 aromatic rings. The Hall–Kier alpha value is -5.44. The van der Waals surface area contributed by atoms with E-state index >= 15 is 4.39 Å². The molecule has 0 fully saturated rings. The van der Waals surface area contributed by atoms with E-state index in [0.717, 1.165) is 10.8 Å². The normalized spacial score (nSPS) is 12.0. The smallest absolute Gasteiger partial charge is 0.335 e. The molecule has 0 saturated heterocycles. The highest BCUT2D eigenvalue weighted by molar-refractivity contribution is 6.02. The van der Waals surface area contributed by atoms with Crippen molar-refractivity contribution < 1.29 is 23.5 Å². The second-order valence-electron chi connectivity index (χ2n) is 10.1. The average molecular weight is 563 g/mol. The highest BCUT2D eigenvalue weighted by Crippen LogP contribution is 2.28. The van der Waals surface area contributed by atoms with Crippen LogP contribution in [0.2, 0.25) is 0 Å². The lowest BCUT2D eigenvalue weighted by atomic mass is 10.00. The third kappa shape index (κ3) is 5.19. The van der Waals surface area contributed by atoms with Gasteiger partial charge in [-0.15, -0.1) is 5.10 Å². The van der Waals surface area contributed by atoms with Crippen LogP contribution in [-0.4, -0.2) is 31.8 Å². The fourth-order valence-corrected chi connectivity index (χ4v) is 5.03. The van der Waals surface area contributed by atoms with Crippen molar-refractivity contribution in [2.75, 3.05) is 0 Å². The number of aromatic nitrogens is 3. The molecule has 7 nitrogen and oxygen atoms in total.